The molecule has 1 aromatic heterocycles. The number of amides is 1. The van der Waals surface area contributed by atoms with E-state index in [-0.39, 0.29) is 12.7 Å². The molecule has 1 N–H and O–H groups in total. The van der Waals surface area contributed by atoms with E-state index in [1.807, 2.05) is 18.2 Å². The number of nitrogens with one attached hydrogen (secondary N) is 1. The fourth-order valence-electron chi connectivity index (χ4n) is 3.09. The first-order chi connectivity index (χ1) is 13.5. The van der Waals surface area contributed by atoms with Crippen LogP contribution in [0.15, 0.2) is 58.1 Å². The molecule has 0 saturated heterocycles. The number of benzene rings is 2. The Morgan fingerprint density at radius 2 is 1.71 bits per heavy atom. The average Bonchev–Trinajstić information content (AvgIpc) is 3.27. The van der Waals surface area contributed by atoms with Crippen molar-refractivity contribution in [2.45, 2.75) is 13.8 Å². The lowest BCUT2D eigenvalue weighted by Crippen LogP contribution is -2.17. The van der Waals surface area contributed by atoms with E-state index in [1.165, 1.54) is 0 Å². The molecule has 7 heteroatoms. The van der Waals surface area contributed by atoms with E-state index >= 15 is 0 Å². The summed E-state index contributed by atoms with van der Waals surface area (Å²) in [5.74, 6) is 1.06. The van der Waals surface area contributed by atoms with Gasteiger partial charge in [-0.2, -0.15) is 5.10 Å². The lowest BCUT2D eigenvalue weighted by Gasteiger charge is -2.10. The van der Waals surface area contributed by atoms with Crippen molar-refractivity contribution in [1.29, 1.82) is 0 Å². The fourth-order valence-corrected chi connectivity index (χ4v) is 3.52. The van der Waals surface area contributed by atoms with Gasteiger partial charge in [0.15, 0.2) is 11.5 Å². The monoisotopic (exact) mass is 439 g/mol. The largest absolute Gasteiger partial charge is 0.454 e. The number of nitrogens with zero attached hydrogens (tertiary/aromatic N) is 2. The molecule has 2 heterocycles. The first kappa shape index (κ1) is 18.3. The van der Waals surface area contributed by atoms with Crippen LogP contribution in [0, 0.1) is 13.8 Å². The summed E-state index contributed by atoms with van der Waals surface area (Å²) in [4.78, 5) is 12.4. The molecular weight excluding hydrogens is 422 g/mol. The first-order valence-electron chi connectivity index (χ1n) is 8.71. The summed E-state index contributed by atoms with van der Waals surface area (Å²) >= 11 is 3.46. The lowest BCUT2D eigenvalue weighted by molar-refractivity contribution is 0.0955. The standard InChI is InChI=1S/C21H18BrN3O3/c1-13-3-4-14(2)25(13)17-7-5-15(6-8-17)21(26)24-23-11-16-9-19-20(10-18(16)22)28-12-27-19/h3-11H,12H2,1-2H3,(H,24,26)/b23-11+. The third-order valence-corrected chi connectivity index (χ3v) is 5.21. The molecule has 0 radical (unpaired) electrons. The number of fused-ring (bicyclic) bond motifs is 1. The van der Waals surface area contributed by atoms with Gasteiger partial charge in [0.2, 0.25) is 6.79 Å². The van der Waals surface area contributed by atoms with Gasteiger partial charge in [-0.25, -0.2) is 5.43 Å². The Hall–Kier alpha value is -3.06. The van der Waals surface area contributed by atoms with E-state index in [4.69, 9.17) is 9.47 Å². The van der Waals surface area contributed by atoms with Crippen molar-refractivity contribution >= 4 is 28.1 Å². The second-order valence-electron chi connectivity index (χ2n) is 6.42. The highest BCUT2D eigenvalue weighted by Gasteiger charge is 2.15. The first-order valence-corrected chi connectivity index (χ1v) is 9.50. The quantitative estimate of drug-likeness (QED) is 0.485. The summed E-state index contributed by atoms with van der Waals surface area (Å²) in [6.07, 6.45) is 1.56. The second kappa shape index (κ2) is 7.52. The number of aryl methyl sites for hydroxylation is 2. The number of ether oxygens (including phenoxy) is 2. The molecule has 0 aliphatic carbocycles. The number of hydrogen-bond acceptors (Lipinski definition) is 4. The van der Waals surface area contributed by atoms with E-state index in [9.17, 15) is 4.79 Å². The number of aromatic nitrogens is 1. The summed E-state index contributed by atoms with van der Waals surface area (Å²) in [5.41, 5.74) is 7.17. The minimum atomic E-state index is -0.277. The van der Waals surface area contributed by atoms with Crippen molar-refractivity contribution < 1.29 is 14.3 Å². The molecule has 0 unspecified atom stereocenters. The maximum atomic E-state index is 12.4. The molecule has 28 heavy (non-hydrogen) atoms. The second-order valence-corrected chi connectivity index (χ2v) is 7.28. The van der Waals surface area contributed by atoms with Crippen LogP contribution in [0.3, 0.4) is 0 Å². The average molecular weight is 440 g/mol. The van der Waals surface area contributed by atoms with E-state index in [1.54, 1.807) is 24.4 Å². The summed E-state index contributed by atoms with van der Waals surface area (Å²) in [7, 11) is 0. The van der Waals surface area contributed by atoms with Crippen molar-refractivity contribution in [1.82, 2.24) is 9.99 Å². The van der Waals surface area contributed by atoms with Crippen LogP contribution in [0.5, 0.6) is 11.5 Å². The molecule has 2 aromatic carbocycles. The van der Waals surface area contributed by atoms with Crippen LogP contribution in [0.2, 0.25) is 0 Å². The van der Waals surface area contributed by atoms with Gasteiger partial charge in [-0.15, -0.1) is 0 Å². The van der Waals surface area contributed by atoms with Crippen LogP contribution in [0.4, 0.5) is 0 Å². The maximum Gasteiger partial charge on any atom is 0.271 e. The van der Waals surface area contributed by atoms with Gasteiger partial charge in [-0.1, -0.05) is 0 Å². The molecule has 0 fully saturated rings. The Bertz CT molecular complexity index is 1050. The Morgan fingerprint density at radius 3 is 2.39 bits per heavy atom. The van der Waals surface area contributed by atoms with E-state index in [0.717, 1.165) is 27.1 Å². The van der Waals surface area contributed by atoms with Gasteiger partial charge in [0, 0.05) is 32.7 Å². The van der Waals surface area contributed by atoms with Gasteiger partial charge >= 0.3 is 0 Å². The van der Waals surface area contributed by atoms with Crippen molar-refractivity contribution in [3.05, 3.63) is 75.5 Å². The van der Waals surface area contributed by atoms with Crippen molar-refractivity contribution in [3.63, 3.8) is 0 Å². The number of halogens is 1. The topological polar surface area (TPSA) is 64.9 Å². The molecule has 1 amide bonds. The molecule has 3 aromatic rings. The van der Waals surface area contributed by atoms with Gasteiger partial charge in [-0.3, -0.25) is 4.79 Å². The summed E-state index contributed by atoms with van der Waals surface area (Å²) in [6.45, 7) is 4.31. The minimum absolute atomic E-state index is 0.206. The number of hydrogen-bond donors (Lipinski definition) is 1. The van der Waals surface area contributed by atoms with E-state index < -0.39 is 0 Å². The zero-order chi connectivity index (χ0) is 19.7. The Kier molecular flexibility index (Phi) is 4.92. The van der Waals surface area contributed by atoms with Crippen molar-refractivity contribution in [3.8, 4) is 17.2 Å². The van der Waals surface area contributed by atoms with Crippen LogP contribution < -0.4 is 14.9 Å². The Morgan fingerprint density at radius 1 is 1.07 bits per heavy atom. The van der Waals surface area contributed by atoms with Crippen LogP contribution >= 0.6 is 15.9 Å². The molecule has 4 rings (SSSR count). The zero-order valence-corrected chi connectivity index (χ0v) is 17.0. The van der Waals surface area contributed by atoms with Gasteiger partial charge in [-0.05, 0) is 78.3 Å². The van der Waals surface area contributed by atoms with Gasteiger partial charge in [0.05, 0.1) is 6.21 Å². The highest BCUT2D eigenvalue weighted by Crippen LogP contribution is 2.36. The molecule has 0 bridgehead atoms. The van der Waals surface area contributed by atoms with Gasteiger partial charge < -0.3 is 14.0 Å². The molecule has 0 atom stereocenters. The van der Waals surface area contributed by atoms with Crippen LogP contribution in [0.25, 0.3) is 5.69 Å². The fraction of sp³-hybridized carbons (Fsp3) is 0.143. The number of carbonyl (C=O) groups is 1. The Balaban J connectivity index is 1.45. The predicted molar refractivity (Wildman–Crippen MR) is 111 cm³/mol. The van der Waals surface area contributed by atoms with Crippen molar-refractivity contribution in [2.75, 3.05) is 6.79 Å². The van der Waals surface area contributed by atoms with Crippen LogP contribution in [-0.2, 0) is 0 Å². The summed E-state index contributed by atoms with van der Waals surface area (Å²) in [6, 6.07) is 15.2. The van der Waals surface area contributed by atoms with Gasteiger partial charge in [0.25, 0.3) is 5.91 Å². The highest BCUT2D eigenvalue weighted by molar-refractivity contribution is 9.10. The number of carbonyl (C=O) groups excluding carboxylic acids is 1. The normalized spacial score (nSPS) is 12.5. The lowest BCUT2D eigenvalue weighted by atomic mass is 10.2. The minimum Gasteiger partial charge on any atom is -0.454 e. The SMILES string of the molecule is Cc1ccc(C)n1-c1ccc(C(=O)N/N=C/c2cc3c(cc2Br)OCO3)cc1. The molecule has 1 aliphatic heterocycles. The number of hydrazone groups is 1. The summed E-state index contributed by atoms with van der Waals surface area (Å²) < 4.78 is 13.6. The third-order valence-electron chi connectivity index (χ3n) is 4.52. The third kappa shape index (κ3) is 3.53. The maximum absolute atomic E-state index is 12.4. The molecule has 1 aliphatic rings. The molecule has 6 nitrogen and oxygen atoms in total. The molecule has 0 spiro atoms. The molecular formula is C21H18BrN3O3. The van der Waals surface area contributed by atoms with E-state index in [0.29, 0.717) is 17.1 Å². The zero-order valence-electron chi connectivity index (χ0n) is 15.4. The Labute approximate surface area is 170 Å². The van der Waals surface area contributed by atoms with Crippen LogP contribution in [-0.4, -0.2) is 23.5 Å². The van der Waals surface area contributed by atoms with Crippen LogP contribution in [0.1, 0.15) is 27.3 Å². The van der Waals surface area contributed by atoms with Crippen molar-refractivity contribution in [2.24, 2.45) is 5.10 Å². The van der Waals surface area contributed by atoms with Gasteiger partial charge in [0.1, 0.15) is 0 Å². The molecule has 142 valence electrons. The predicted octanol–water partition coefficient (Wildman–Crippen LogP) is 4.35. The highest BCUT2D eigenvalue weighted by atomic mass is 79.9. The smallest absolute Gasteiger partial charge is 0.271 e. The number of rotatable bonds is 4. The summed E-state index contributed by atoms with van der Waals surface area (Å²) in [5, 5.41) is 4.05. The van der Waals surface area contributed by atoms with E-state index in [2.05, 4.69) is 57.0 Å². The molecule has 0 saturated carbocycles.